The number of carbonyl (C=O) groups excluding carboxylic acids is 2. The van der Waals surface area contributed by atoms with Crippen LogP contribution in [0, 0.1) is 0 Å². The fourth-order valence-corrected chi connectivity index (χ4v) is 4.62. The molecule has 0 bridgehead atoms. The number of ether oxygens (including phenoxy) is 1. The van der Waals surface area contributed by atoms with Crippen molar-refractivity contribution in [3.8, 4) is 11.1 Å². The van der Waals surface area contributed by atoms with Crippen LogP contribution in [0.1, 0.15) is 48.4 Å². The van der Waals surface area contributed by atoms with E-state index in [9.17, 15) is 9.59 Å². The highest BCUT2D eigenvalue weighted by Crippen LogP contribution is 2.39. The predicted molar refractivity (Wildman–Crippen MR) is 145 cm³/mol. The Labute approximate surface area is 217 Å². The summed E-state index contributed by atoms with van der Waals surface area (Å²) in [4.78, 5) is 27.7. The highest BCUT2D eigenvalue weighted by atomic mass is 16.5. The number of ketones is 1. The van der Waals surface area contributed by atoms with Gasteiger partial charge < -0.3 is 10.1 Å². The Hall–Kier alpha value is -3.55. The highest BCUT2D eigenvalue weighted by Gasteiger charge is 2.26. The van der Waals surface area contributed by atoms with Crippen LogP contribution in [0.3, 0.4) is 0 Å². The molecule has 7 heteroatoms. The van der Waals surface area contributed by atoms with Gasteiger partial charge in [-0.05, 0) is 48.1 Å². The minimum Gasteiger partial charge on any atom is -0.379 e. The quantitative estimate of drug-likeness (QED) is 0.396. The van der Waals surface area contributed by atoms with Gasteiger partial charge in [-0.2, -0.15) is 5.10 Å². The van der Waals surface area contributed by atoms with Gasteiger partial charge in [0, 0.05) is 43.7 Å². The molecule has 1 amide bonds. The zero-order chi connectivity index (χ0) is 25.6. The second-order valence-corrected chi connectivity index (χ2v) is 9.98. The first-order valence-corrected chi connectivity index (χ1v) is 13.1. The molecule has 0 radical (unpaired) electrons. The summed E-state index contributed by atoms with van der Waals surface area (Å²) in [7, 11) is 0. The second kappa shape index (κ2) is 11.7. The van der Waals surface area contributed by atoms with E-state index in [2.05, 4.69) is 26.5 Å². The lowest BCUT2D eigenvalue weighted by atomic mass is 9.94. The predicted octanol–water partition coefficient (Wildman–Crippen LogP) is 4.70. The Morgan fingerprint density at radius 1 is 1.11 bits per heavy atom. The maximum Gasteiger partial charge on any atom is 0.232 e. The van der Waals surface area contributed by atoms with E-state index in [4.69, 9.17) is 4.74 Å². The van der Waals surface area contributed by atoms with Gasteiger partial charge in [0.05, 0.1) is 19.1 Å². The third-order valence-corrected chi connectivity index (χ3v) is 7.06. The number of aromatic amines is 1. The van der Waals surface area contributed by atoms with Crippen molar-refractivity contribution in [2.45, 2.75) is 38.0 Å². The molecule has 1 aliphatic carbocycles. The molecule has 1 unspecified atom stereocenters. The molecule has 7 nitrogen and oxygen atoms in total. The van der Waals surface area contributed by atoms with E-state index in [1.165, 1.54) is 12.8 Å². The third-order valence-electron chi connectivity index (χ3n) is 7.06. The average molecular weight is 499 g/mol. The number of amides is 1. The van der Waals surface area contributed by atoms with E-state index in [1.54, 1.807) is 6.08 Å². The topological polar surface area (TPSA) is 87.3 Å². The number of benzene rings is 2. The number of hydrogen-bond acceptors (Lipinski definition) is 5. The number of rotatable bonds is 10. The number of morpholine rings is 1. The zero-order valence-corrected chi connectivity index (χ0v) is 21.3. The molecule has 2 N–H and O–H groups in total. The summed E-state index contributed by atoms with van der Waals surface area (Å²) in [6.45, 7) is 6.00. The summed E-state index contributed by atoms with van der Waals surface area (Å²) in [5.41, 5.74) is 5.04. The molecule has 2 aromatic carbocycles. The van der Waals surface area contributed by atoms with Crippen LogP contribution in [0.2, 0.25) is 0 Å². The molecular formula is C30H34N4O3. The Morgan fingerprint density at radius 3 is 2.65 bits per heavy atom. The van der Waals surface area contributed by atoms with Crippen molar-refractivity contribution in [3.05, 3.63) is 83.6 Å². The average Bonchev–Trinajstić information content (AvgIpc) is 3.67. The Bertz CT molecular complexity index is 1270. The molecule has 192 valence electrons. The Balaban J connectivity index is 1.20. The molecular weight excluding hydrogens is 464 g/mol. The van der Waals surface area contributed by atoms with Gasteiger partial charge >= 0.3 is 0 Å². The summed E-state index contributed by atoms with van der Waals surface area (Å²) < 4.78 is 5.36. The summed E-state index contributed by atoms with van der Waals surface area (Å²) in [6, 6.07) is 18.0. The van der Waals surface area contributed by atoms with Crippen molar-refractivity contribution in [2.24, 2.45) is 0 Å². The molecule has 0 spiro atoms. The van der Waals surface area contributed by atoms with Gasteiger partial charge in [-0.25, -0.2) is 0 Å². The standard InChI is InChI=1S/C30H34N4O3/c1-21(30(36)31-29-20-28(32-33-29)23-10-11-23)24-6-3-8-26(19-24)25-7-2-5-22(17-25)18-27(35)9-4-12-34-13-15-37-16-14-34/h2-9,17,19-21,23H,10-16,18H2,1H3,(H2,31,32,33,36)/b9-4+. The Morgan fingerprint density at radius 2 is 1.86 bits per heavy atom. The minimum atomic E-state index is -0.331. The first-order chi connectivity index (χ1) is 18.0. The molecule has 2 fully saturated rings. The third kappa shape index (κ3) is 6.81. The normalized spacial score (nSPS) is 17.1. The molecule has 1 aromatic heterocycles. The van der Waals surface area contributed by atoms with Gasteiger partial charge in [0.1, 0.15) is 0 Å². The van der Waals surface area contributed by atoms with Gasteiger partial charge in [0.15, 0.2) is 11.6 Å². The van der Waals surface area contributed by atoms with E-state index < -0.39 is 0 Å². The largest absolute Gasteiger partial charge is 0.379 e. The number of allylic oxidation sites excluding steroid dienone is 1. The first kappa shape index (κ1) is 25.1. The number of aromatic nitrogens is 2. The molecule has 2 aliphatic rings. The highest BCUT2D eigenvalue weighted by molar-refractivity contribution is 5.95. The van der Waals surface area contributed by atoms with Gasteiger partial charge in [0.2, 0.25) is 5.91 Å². The van der Waals surface area contributed by atoms with Crippen LogP contribution < -0.4 is 5.32 Å². The molecule has 1 atom stereocenters. The maximum atomic E-state index is 12.9. The van der Waals surface area contributed by atoms with Crippen molar-refractivity contribution in [3.63, 3.8) is 0 Å². The fourth-order valence-electron chi connectivity index (χ4n) is 4.62. The molecule has 1 aliphatic heterocycles. The number of nitrogens with zero attached hydrogens (tertiary/aromatic N) is 2. The smallest absolute Gasteiger partial charge is 0.232 e. The van der Waals surface area contributed by atoms with Crippen LogP contribution in [0.4, 0.5) is 5.82 Å². The van der Waals surface area contributed by atoms with Crippen LogP contribution in [0.5, 0.6) is 0 Å². The first-order valence-electron chi connectivity index (χ1n) is 13.1. The number of hydrogen-bond donors (Lipinski definition) is 2. The van der Waals surface area contributed by atoms with Crippen molar-refractivity contribution < 1.29 is 14.3 Å². The lowest BCUT2D eigenvalue weighted by Crippen LogP contribution is -2.36. The van der Waals surface area contributed by atoms with E-state index >= 15 is 0 Å². The summed E-state index contributed by atoms with van der Waals surface area (Å²) in [5.74, 6) is 0.806. The van der Waals surface area contributed by atoms with E-state index in [1.807, 2.05) is 61.5 Å². The van der Waals surface area contributed by atoms with E-state index in [-0.39, 0.29) is 17.6 Å². The van der Waals surface area contributed by atoms with Gasteiger partial charge in [-0.15, -0.1) is 0 Å². The number of H-pyrrole nitrogens is 1. The maximum absolute atomic E-state index is 12.9. The van der Waals surface area contributed by atoms with Gasteiger partial charge in [0.25, 0.3) is 0 Å². The molecule has 1 saturated carbocycles. The fraction of sp³-hybridized carbons (Fsp3) is 0.367. The lowest BCUT2D eigenvalue weighted by Gasteiger charge is -2.25. The molecule has 1 saturated heterocycles. The van der Waals surface area contributed by atoms with Crippen LogP contribution in [0.25, 0.3) is 11.1 Å². The minimum absolute atomic E-state index is 0.0887. The van der Waals surface area contributed by atoms with Gasteiger partial charge in [-0.3, -0.25) is 19.6 Å². The van der Waals surface area contributed by atoms with Crippen molar-refractivity contribution in [1.29, 1.82) is 0 Å². The van der Waals surface area contributed by atoms with Crippen molar-refractivity contribution in [2.75, 3.05) is 38.2 Å². The Kier molecular flexibility index (Phi) is 7.92. The number of anilines is 1. The van der Waals surface area contributed by atoms with E-state index in [0.717, 1.165) is 60.8 Å². The van der Waals surface area contributed by atoms with Crippen LogP contribution in [0.15, 0.2) is 66.7 Å². The van der Waals surface area contributed by atoms with Crippen molar-refractivity contribution in [1.82, 2.24) is 15.1 Å². The molecule has 2 heterocycles. The van der Waals surface area contributed by atoms with Gasteiger partial charge in [-0.1, -0.05) is 54.6 Å². The second-order valence-electron chi connectivity index (χ2n) is 9.98. The van der Waals surface area contributed by atoms with Crippen molar-refractivity contribution >= 4 is 17.5 Å². The molecule has 37 heavy (non-hydrogen) atoms. The van der Waals surface area contributed by atoms with Crippen LogP contribution in [-0.2, 0) is 20.7 Å². The van der Waals surface area contributed by atoms with Crippen LogP contribution in [-0.4, -0.2) is 59.6 Å². The zero-order valence-electron chi connectivity index (χ0n) is 21.3. The monoisotopic (exact) mass is 498 g/mol. The lowest BCUT2D eigenvalue weighted by molar-refractivity contribution is -0.117. The molecule has 3 aromatic rings. The summed E-state index contributed by atoms with van der Waals surface area (Å²) in [5, 5.41) is 10.2. The van der Waals surface area contributed by atoms with E-state index in [0.29, 0.717) is 18.2 Å². The number of nitrogens with one attached hydrogen (secondary N) is 2. The number of carbonyl (C=O) groups is 2. The van der Waals surface area contributed by atoms with Crippen LogP contribution >= 0.6 is 0 Å². The molecule has 5 rings (SSSR count). The summed E-state index contributed by atoms with van der Waals surface area (Å²) >= 11 is 0. The SMILES string of the molecule is CC(C(=O)Nc1cc(C2CC2)[nH]n1)c1cccc(-c2cccc(CC(=O)/C=C/CN3CCOCC3)c2)c1. The summed E-state index contributed by atoms with van der Waals surface area (Å²) in [6.07, 6.45) is 6.36.